The Morgan fingerprint density at radius 1 is 1.61 bits per heavy atom. The minimum atomic E-state index is -1.10. The Balaban J connectivity index is 2.04. The van der Waals surface area contributed by atoms with Gasteiger partial charge in [0.25, 0.3) is 5.91 Å². The molecule has 2 rings (SSSR count). The van der Waals surface area contributed by atoms with Gasteiger partial charge in [0.2, 0.25) is 5.91 Å². The Morgan fingerprint density at radius 2 is 2.33 bits per heavy atom. The van der Waals surface area contributed by atoms with Crippen LogP contribution in [0.1, 0.15) is 19.8 Å². The zero-order valence-electron chi connectivity index (χ0n) is 9.88. The minimum absolute atomic E-state index is 0.0183. The topological polar surface area (TPSA) is 86.7 Å². The lowest BCUT2D eigenvalue weighted by atomic mass is 10.0. The van der Waals surface area contributed by atoms with Crippen LogP contribution in [-0.4, -0.2) is 45.0 Å². The minimum Gasteiger partial charge on any atom is -0.477 e. The molecule has 0 saturated carbocycles. The van der Waals surface area contributed by atoms with Gasteiger partial charge in [-0.3, -0.25) is 14.5 Å². The van der Waals surface area contributed by atoms with Crippen LogP contribution in [0.15, 0.2) is 11.8 Å². The highest BCUT2D eigenvalue weighted by Crippen LogP contribution is 2.37. The average Bonchev–Trinajstić information content (AvgIpc) is 2.35. The smallest absolute Gasteiger partial charge is 0.352 e. The molecule has 0 spiro atoms. The van der Waals surface area contributed by atoms with Gasteiger partial charge in [-0.25, -0.2) is 4.79 Å². The van der Waals surface area contributed by atoms with Crippen LogP contribution in [0.4, 0.5) is 0 Å². The van der Waals surface area contributed by atoms with Crippen LogP contribution in [0.5, 0.6) is 0 Å². The molecule has 2 amide bonds. The number of β-lactam (4-membered cyclic amide) rings is 1. The third kappa shape index (κ3) is 2.10. The van der Waals surface area contributed by atoms with Crippen LogP contribution in [-0.2, 0) is 14.4 Å². The van der Waals surface area contributed by atoms with Crippen LogP contribution in [0.2, 0.25) is 0 Å². The van der Waals surface area contributed by atoms with Gasteiger partial charge in [0.1, 0.15) is 17.1 Å². The zero-order chi connectivity index (χ0) is 13.3. The fourth-order valence-electron chi connectivity index (χ4n) is 2.01. The summed E-state index contributed by atoms with van der Waals surface area (Å²) < 4.78 is 0. The normalized spacial score (nSPS) is 25.9. The number of fused-ring (bicyclic) bond motifs is 1. The zero-order valence-corrected chi connectivity index (χ0v) is 10.7. The summed E-state index contributed by atoms with van der Waals surface area (Å²) in [7, 11) is 0. The number of amides is 2. The van der Waals surface area contributed by atoms with Crippen molar-refractivity contribution in [3.63, 3.8) is 0 Å². The summed E-state index contributed by atoms with van der Waals surface area (Å²) >= 11 is 1.46. The maximum absolute atomic E-state index is 11.8. The highest BCUT2D eigenvalue weighted by atomic mass is 32.2. The second kappa shape index (κ2) is 5.01. The molecular weight excluding hydrogens is 256 g/mol. The van der Waals surface area contributed by atoms with Gasteiger partial charge in [-0.15, -0.1) is 11.8 Å². The second-order valence-electron chi connectivity index (χ2n) is 4.12. The lowest BCUT2D eigenvalue weighted by Gasteiger charge is -2.48. The molecule has 2 atom stereocenters. The van der Waals surface area contributed by atoms with Crippen molar-refractivity contribution in [2.45, 2.75) is 31.2 Å². The molecule has 98 valence electrons. The third-order valence-corrected chi connectivity index (χ3v) is 4.04. The van der Waals surface area contributed by atoms with E-state index in [-0.39, 0.29) is 22.9 Å². The molecule has 2 N–H and O–H groups in total. The molecule has 0 aromatic heterocycles. The predicted octanol–water partition coefficient (Wildman–Crippen LogP) is 0.155. The van der Waals surface area contributed by atoms with Crippen molar-refractivity contribution in [3.8, 4) is 0 Å². The highest BCUT2D eigenvalue weighted by molar-refractivity contribution is 8.00. The Bertz CT molecular complexity index is 435. The average molecular weight is 270 g/mol. The number of carboxylic acid groups (broad SMARTS) is 1. The van der Waals surface area contributed by atoms with Crippen LogP contribution < -0.4 is 5.32 Å². The summed E-state index contributed by atoms with van der Waals surface area (Å²) in [5.74, 6) is -1.07. The van der Waals surface area contributed by atoms with E-state index >= 15 is 0 Å². The van der Waals surface area contributed by atoms with E-state index < -0.39 is 12.0 Å². The molecule has 0 radical (unpaired) electrons. The van der Waals surface area contributed by atoms with E-state index in [0.717, 1.165) is 0 Å². The first-order chi connectivity index (χ1) is 8.56. The molecule has 6 nitrogen and oxygen atoms in total. The quantitative estimate of drug-likeness (QED) is 0.710. The molecule has 2 aliphatic rings. The van der Waals surface area contributed by atoms with Crippen molar-refractivity contribution in [2.24, 2.45) is 0 Å². The van der Waals surface area contributed by atoms with Gasteiger partial charge in [0, 0.05) is 12.2 Å². The highest BCUT2D eigenvalue weighted by Gasteiger charge is 2.52. The van der Waals surface area contributed by atoms with Crippen molar-refractivity contribution in [2.75, 3.05) is 5.75 Å². The van der Waals surface area contributed by atoms with Crippen molar-refractivity contribution < 1.29 is 19.5 Å². The standard InChI is InChI=1S/C11H14N2O4S/c1-2-3-7(14)12-8-9(15)13-6(11(16)17)4-5-18-10(8)13/h4,8,10H,2-3,5H2,1H3,(H,12,14)(H,16,17)/t8?,10-/m0/s1. The molecule has 2 aliphatic heterocycles. The Hall–Kier alpha value is -1.50. The fourth-order valence-corrected chi connectivity index (χ4v) is 3.21. The lowest BCUT2D eigenvalue weighted by molar-refractivity contribution is -0.150. The second-order valence-corrected chi connectivity index (χ2v) is 5.27. The van der Waals surface area contributed by atoms with E-state index in [2.05, 4.69) is 5.32 Å². The molecule has 0 aromatic rings. The molecule has 0 bridgehead atoms. The van der Waals surface area contributed by atoms with Crippen molar-refractivity contribution >= 4 is 29.5 Å². The summed E-state index contributed by atoms with van der Waals surface area (Å²) in [6.07, 6.45) is 2.61. The predicted molar refractivity (Wildman–Crippen MR) is 65.6 cm³/mol. The summed E-state index contributed by atoms with van der Waals surface area (Å²) in [5, 5.41) is 11.3. The molecule has 1 fully saturated rings. The van der Waals surface area contributed by atoms with E-state index in [1.54, 1.807) is 0 Å². The Morgan fingerprint density at radius 3 is 2.94 bits per heavy atom. The van der Waals surface area contributed by atoms with E-state index in [9.17, 15) is 14.4 Å². The first-order valence-corrected chi connectivity index (χ1v) is 6.78. The number of nitrogens with zero attached hydrogens (tertiary/aromatic N) is 1. The Labute approximate surface area is 108 Å². The largest absolute Gasteiger partial charge is 0.477 e. The number of hydrogen-bond acceptors (Lipinski definition) is 4. The van der Waals surface area contributed by atoms with E-state index in [1.807, 2.05) is 6.92 Å². The van der Waals surface area contributed by atoms with E-state index in [0.29, 0.717) is 18.6 Å². The van der Waals surface area contributed by atoms with Gasteiger partial charge in [-0.1, -0.05) is 6.92 Å². The summed E-state index contributed by atoms with van der Waals surface area (Å²) in [5.41, 5.74) is 0.0183. The molecule has 1 saturated heterocycles. The number of carbonyl (C=O) groups is 3. The first-order valence-electron chi connectivity index (χ1n) is 5.73. The summed E-state index contributed by atoms with van der Waals surface area (Å²) in [6.45, 7) is 1.88. The third-order valence-electron chi connectivity index (χ3n) is 2.86. The van der Waals surface area contributed by atoms with Crippen molar-refractivity contribution in [3.05, 3.63) is 11.8 Å². The number of hydrogen-bond donors (Lipinski definition) is 2. The summed E-state index contributed by atoms with van der Waals surface area (Å²) in [6, 6.07) is -0.586. The Kier molecular flexibility index (Phi) is 3.60. The molecular formula is C11H14N2O4S. The van der Waals surface area contributed by atoms with Gasteiger partial charge in [0.05, 0.1) is 0 Å². The van der Waals surface area contributed by atoms with E-state index in [1.165, 1.54) is 22.7 Å². The number of carboxylic acids is 1. The van der Waals surface area contributed by atoms with Crippen molar-refractivity contribution in [1.29, 1.82) is 0 Å². The van der Waals surface area contributed by atoms with Gasteiger partial charge < -0.3 is 10.4 Å². The van der Waals surface area contributed by atoms with Gasteiger partial charge in [0.15, 0.2) is 0 Å². The van der Waals surface area contributed by atoms with Crippen LogP contribution in [0.3, 0.4) is 0 Å². The number of rotatable bonds is 4. The van der Waals surface area contributed by atoms with Gasteiger partial charge in [-0.05, 0) is 12.5 Å². The van der Waals surface area contributed by atoms with E-state index in [4.69, 9.17) is 5.11 Å². The summed E-state index contributed by atoms with van der Waals surface area (Å²) in [4.78, 5) is 35.5. The van der Waals surface area contributed by atoms with Crippen LogP contribution >= 0.6 is 11.8 Å². The maximum atomic E-state index is 11.8. The van der Waals surface area contributed by atoms with Crippen LogP contribution in [0, 0.1) is 0 Å². The molecule has 7 heteroatoms. The maximum Gasteiger partial charge on any atom is 0.352 e. The monoisotopic (exact) mass is 270 g/mol. The van der Waals surface area contributed by atoms with Gasteiger partial charge >= 0.3 is 5.97 Å². The molecule has 0 aromatic carbocycles. The number of thioether (sulfide) groups is 1. The molecule has 1 unspecified atom stereocenters. The lowest BCUT2D eigenvalue weighted by Crippen LogP contribution is -2.70. The fraction of sp³-hybridized carbons (Fsp3) is 0.545. The van der Waals surface area contributed by atoms with Crippen molar-refractivity contribution in [1.82, 2.24) is 10.2 Å². The molecule has 0 aliphatic carbocycles. The molecule has 18 heavy (non-hydrogen) atoms. The molecule has 2 heterocycles. The number of carbonyl (C=O) groups excluding carboxylic acids is 2. The number of nitrogens with one attached hydrogen (secondary N) is 1. The van der Waals surface area contributed by atoms with Gasteiger partial charge in [-0.2, -0.15) is 0 Å². The SMILES string of the molecule is CCCC(=O)NC1C(=O)N2C(C(=O)O)=CCS[C@@H]12. The number of aliphatic carboxylic acids is 1. The van der Waals surface area contributed by atoms with Crippen LogP contribution in [0.25, 0.3) is 0 Å². The first kappa shape index (κ1) is 12.9.